The van der Waals surface area contributed by atoms with Gasteiger partial charge >= 0.3 is 6.03 Å². The summed E-state index contributed by atoms with van der Waals surface area (Å²) in [4.78, 5) is 31.7. The summed E-state index contributed by atoms with van der Waals surface area (Å²) in [5, 5.41) is 7.09. The highest BCUT2D eigenvalue weighted by Crippen LogP contribution is 2.26. The van der Waals surface area contributed by atoms with Gasteiger partial charge in [-0.15, -0.1) is 0 Å². The average molecular weight is 454 g/mol. The van der Waals surface area contributed by atoms with Crippen LogP contribution in [0.4, 0.5) is 10.5 Å². The number of anilines is 1. The molecule has 1 aliphatic carbocycles. The van der Waals surface area contributed by atoms with E-state index in [4.69, 9.17) is 23.2 Å². The monoisotopic (exact) mass is 453 g/mol. The maximum atomic E-state index is 13.0. The van der Waals surface area contributed by atoms with Crippen molar-refractivity contribution in [3.8, 4) is 0 Å². The Hall–Kier alpha value is -1.54. The van der Waals surface area contributed by atoms with Crippen LogP contribution in [-0.4, -0.2) is 84.5 Å². The number of nitrogens with one attached hydrogen (secondary N) is 2. The van der Waals surface area contributed by atoms with Crippen molar-refractivity contribution in [2.75, 3.05) is 51.1 Å². The van der Waals surface area contributed by atoms with E-state index in [1.807, 2.05) is 4.90 Å². The zero-order valence-corrected chi connectivity index (χ0v) is 18.6. The quantitative estimate of drug-likeness (QED) is 0.737. The predicted octanol–water partition coefficient (Wildman–Crippen LogP) is 2.89. The second-order valence-electron chi connectivity index (χ2n) is 8.31. The zero-order chi connectivity index (χ0) is 21.1. The summed E-state index contributed by atoms with van der Waals surface area (Å²) in [6.45, 7) is 4.80. The normalized spacial score (nSPS) is 23.6. The number of benzene rings is 1. The lowest BCUT2D eigenvalue weighted by Crippen LogP contribution is -2.61. The highest BCUT2D eigenvalue weighted by atomic mass is 35.5. The molecular formula is C21H29Cl2N5O2. The summed E-state index contributed by atoms with van der Waals surface area (Å²) in [7, 11) is 0. The van der Waals surface area contributed by atoms with Gasteiger partial charge in [0.25, 0.3) is 0 Å². The maximum Gasteiger partial charge on any atom is 0.321 e. The molecule has 4 rings (SSSR count). The van der Waals surface area contributed by atoms with Crippen molar-refractivity contribution in [3.63, 3.8) is 0 Å². The number of hydrogen-bond donors (Lipinski definition) is 2. The first kappa shape index (κ1) is 21.7. The smallest absolute Gasteiger partial charge is 0.321 e. The SMILES string of the molecule is O=C(Nc1ccc(Cl)c(Cl)c1)N1CCN(C(=O)[C@H]2CN(C3CCCC3)CCN2)CC1. The number of carbonyl (C=O) groups excluding carboxylic acids is 2. The molecule has 1 aromatic carbocycles. The van der Waals surface area contributed by atoms with Crippen molar-refractivity contribution in [3.05, 3.63) is 28.2 Å². The van der Waals surface area contributed by atoms with Crippen LogP contribution in [-0.2, 0) is 4.79 Å². The Balaban J connectivity index is 1.26. The van der Waals surface area contributed by atoms with Crippen LogP contribution in [0.25, 0.3) is 0 Å². The molecule has 3 fully saturated rings. The molecule has 1 aromatic rings. The number of carbonyl (C=O) groups is 2. The van der Waals surface area contributed by atoms with Crippen LogP contribution in [0, 0.1) is 0 Å². The highest BCUT2D eigenvalue weighted by molar-refractivity contribution is 6.42. The largest absolute Gasteiger partial charge is 0.338 e. The standard InChI is InChI=1S/C21H29Cl2N5O2/c22-17-6-5-15(13-18(17)23)25-21(30)27-11-9-26(10-12-27)20(29)19-14-28(8-7-24-19)16-3-1-2-4-16/h5-6,13,16,19,24H,1-4,7-12,14H2,(H,25,30)/t19-/m1/s1. The summed E-state index contributed by atoms with van der Waals surface area (Å²) >= 11 is 11.9. The Morgan fingerprint density at radius 2 is 1.67 bits per heavy atom. The van der Waals surface area contributed by atoms with E-state index in [1.165, 1.54) is 25.7 Å². The fraction of sp³-hybridized carbons (Fsp3) is 0.619. The molecule has 2 heterocycles. The minimum Gasteiger partial charge on any atom is -0.338 e. The van der Waals surface area contributed by atoms with Crippen LogP contribution in [0.3, 0.4) is 0 Å². The molecule has 30 heavy (non-hydrogen) atoms. The molecule has 1 atom stereocenters. The first-order chi connectivity index (χ1) is 14.5. The van der Waals surface area contributed by atoms with Gasteiger partial charge in [-0.25, -0.2) is 4.79 Å². The van der Waals surface area contributed by atoms with E-state index in [1.54, 1.807) is 23.1 Å². The van der Waals surface area contributed by atoms with Gasteiger partial charge in [-0.05, 0) is 31.0 Å². The van der Waals surface area contributed by atoms with Gasteiger partial charge in [0.1, 0.15) is 0 Å². The second-order valence-corrected chi connectivity index (χ2v) is 9.13. The van der Waals surface area contributed by atoms with Crippen LogP contribution in [0.15, 0.2) is 18.2 Å². The van der Waals surface area contributed by atoms with Crippen molar-refractivity contribution in [1.82, 2.24) is 20.0 Å². The predicted molar refractivity (Wildman–Crippen MR) is 119 cm³/mol. The van der Waals surface area contributed by atoms with Gasteiger partial charge in [0, 0.05) is 57.5 Å². The third-order valence-electron chi connectivity index (χ3n) is 6.40. The van der Waals surface area contributed by atoms with Crippen molar-refractivity contribution in [2.24, 2.45) is 0 Å². The molecule has 0 unspecified atom stereocenters. The van der Waals surface area contributed by atoms with E-state index in [0.717, 1.165) is 19.6 Å². The van der Waals surface area contributed by atoms with E-state index in [9.17, 15) is 9.59 Å². The van der Waals surface area contributed by atoms with E-state index >= 15 is 0 Å². The summed E-state index contributed by atoms with van der Waals surface area (Å²) in [5.74, 6) is 0.155. The topological polar surface area (TPSA) is 67.9 Å². The van der Waals surface area contributed by atoms with Gasteiger partial charge in [-0.3, -0.25) is 9.69 Å². The first-order valence-corrected chi connectivity index (χ1v) is 11.5. The van der Waals surface area contributed by atoms with Gasteiger partial charge < -0.3 is 20.4 Å². The van der Waals surface area contributed by atoms with E-state index in [-0.39, 0.29) is 18.0 Å². The second kappa shape index (κ2) is 9.73. The van der Waals surface area contributed by atoms with E-state index < -0.39 is 0 Å². The van der Waals surface area contributed by atoms with Crippen LogP contribution >= 0.6 is 23.2 Å². The highest BCUT2D eigenvalue weighted by Gasteiger charge is 2.34. The lowest BCUT2D eigenvalue weighted by molar-refractivity contribution is -0.136. The lowest BCUT2D eigenvalue weighted by atomic mass is 10.1. The van der Waals surface area contributed by atoms with Crippen LogP contribution < -0.4 is 10.6 Å². The molecule has 0 radical (unpaired) electrons. The van der Waals surface area contributed by atoms with Gasteiger partial charge in [0.15, 0.2) is 0 Å². The molecule has 2 saturated heterocycles. The maximum absolute atomic E-state index is 13.0. The zero-order valence-electron chi connectivity index (χ0n) is 17.1. The van der Waals surface area contributed by atoms with Gasteiger partial charge in [-0.1, -0.05) is 36.0 Å². The number of amides is 3. The fourth-order valence-corrected chi connectivity index (χ4v) is 4.96. The number of urea groups is 1. The fourth-order valence-electron chi connectivity index (χ4n) is 4.67. The summed E-state index contributed by atoms with van der Waals surface area (Å²) in [6, 6.07) is 5.31. The van der Waals surface area contributed by atoms with Gasteiger partial charge in [-0.2, -0.15) is 0 Å². The third kappa shape index (κ3) is 5.02. The summed E-state index contributed by atoms with van der Waals surface area (Å²) in [5.41, 5.74) is 0.603. The Bertz CT molecular complexity index is 779. The molecular weight excluding hydrogens is 425 g/mol. The Labute approximate surface area is 187 Å². The Morgan fingerprint density at radius 1 is 0.967 bits per heavy atom. The molecule has 0 aromatic heterocycles. The summed E-state index contributed by atoms with van der Waals surface area (Å²) in [6.07, 6.45) is 5.12. The number of piperazine rings is 2. The Kier molecular flexibility index (Phi) is 7.03. The van der Waals surface area contributed by atoms with Crippen LogP contribution in [0.5, 0.6) is 0 Å². The van der Waals surface area contributed by atoms with Crippen LogP contribution in [0.2, 0.25) is 10.0 Å². The van der Waals surface area contributed by atoms with Gasteiger partial charge in [0.2, 0.25) is 5.91 Å². The molecule has 1 saturated carbocycles. The Morgan fingerprint density at radius 3 is 2.37 bits per heavy atom. The van der Waals surface area contributed by atoms with Crippen molar-refractivity contribution < 1.29 is 9.59 Å². The number of hydrogen-bond acceptors (Lipinski definition) is 4. The average Bonchev–Trinajstić information content (AvgIpc) is 3.31. The summed E-state index contributed by atoms with van der Waals surface area (Å²) < 4.78 is 0. The van der Waals surface area contributed by atoms with E-state index in [2.05, 4.69) is 15.5 Å². The molecule has 2 N–H and O–H groups in total. The minimum atomic E-state index is -0.191. The molecule has 0 spiro atoms. The van der Waals surface area contributed by atoms with Crippen molar-refractivity contribution in [2.45, 2.75) is 37.8 Å². The number of rotatable bonds is 3. The first-order valence-electron chi connectivity index (χ1n) is 10.8. The number of nitrogens with zero attached hydrogens (tertiary/aromatic N) is 3. The molecule has 2 aliphatic heterocycles. The van der Waals surface area contributed by atoms with Gasteiger partial charge in [0.05, 0.1) is 16.1 Å². The molecule has 3 aliphatic rings. The molecule has 164 valence electrons. The van der Waals surface area contributed by atoms with E-state index in [0.29, 0.717) is 48.0 Å². The molecule has 3 amide bonds. The van der Waals surface area contributed by atoms with Crippen molar-refractivity contribution in [1.29, 1.82) is 0 Å². The molecule has 0 bridgehead atoms. The third-order valence-corrected chi connectivity index (χ3v) is 7.13. The van der Waals surface area contributed by atoms with Crippen molar-refractivity contribution >= 4 is 40.8 Å². The van der Waals surface area contributed by atoms with Crippen LogP contribution in [0.1, 0.15) is 25.7 Å². The minimum absolute atomic E-state index is 0.143. The molecule has 7 nitrogen and oxygen atoms in total. The number of halogens is 2. The molecule has 9 heteroatoms. The lowest BCUT2D eigenvalue weighted by Gasteiger charge is -2.40.